The highest BCUT2D eigenvalue weighted by Crippen LogP contribution is 2.18. The maximum atomic E-state index is 4.31. The van der Waals surface area contributed by atoms with E-state index in [1.165, 1.54) is 6.42 Å². The maximum absolute atomic E-state index is 4.31. The van der Waals surface area contributed by atoms with Crippen molar-refractivity contribution in [1.29, 1.82) is 0 Å². The van der Waals surface area contributed by atoms with Gasteiger partial charge in [0.15, 0.2) is 0 Å². The van der Waals surface area contributed by atoms with Crippen molar-refractivity contribution in [3.8, 4) is 0 Å². The molecule has 0 spiro atoms. The minimum Gasteiger partial charge on any atom is -0.316 e. The van der Waals surface area contributed by atoms with Gasteiger partial charge in [-0.25, -0.2) is 0 Å². The molecule has 1 rings (SSSR count). The van der Waals surface area contributed by atoms with Gasteiger partial charge < -0.3 is 5.32 Å². The van der Waals surface area contributed by atoms with E-state index in [9.17, 15) is 0 Å². The minimum absolute atomic E-state index is 0.431. The quantitative estimate of drug-likeness (QED) is 0.808. The van der Waals surface area contributed by atoms with Gasteiger partial charge in [0.05, 0.1) is 16.7 Å². The predicted molar refractivity (Wildman–Crippen MR) is 67.0 cm³/mol. The summed E-state index contributed by atoms with van der Waals surface area (Å²) in [5.41, 5.74) is 0. The molecule has 3 nitrogen and oxygen atoms in total. The molecule has 1 aromatic heterocycles. The number of halogens is 1. The standard InChI is InChI=1S/C11H20BrN3/c1-4-5-13-6-9(2)10(3)15-8-11(12)7-14-15/h7-10,13H,4-6H2,1-3H3. The van der Waals surface area contributed by atoms with E-state index < -0.39 is 0 Å². The number of aromatic nitrogens is 2. The SMILES string of the molecule is CCCNCC(C)C(C)n1cc(Br)cn1. The molecule has 0 bridgehead atoms. The van der Waals surface area contributed by atoms with E-state index in [-0.39, 0.29) is 0 Å². The normalized spacial score (nSPS) is 15.2. The fourth-order valence-electron chi connectivity index (χ4n) is 1.48. The van der Waals surface area contributed by atoms with Crippen LogP contribution in [0.5, 0.6) is 0 Å². The van der Waals surface area contributed by atoms with Crippen molar-refractivity contribution in [2.45, 2.75) is 33.2 Å². The van der Waals surface area contributed by atoms with Crippen LogP contribution in [0.1, 0.15) is 33.2 Å². The third-order valence-corrected chi connectivity index (χ3v) is 3.11. The summed E-state index contributed by atoms with van der Waals surface area (Å²) >= 11 is 3.41. The molecule has 2 unspecified atom stereocenters. The number of hydrogen-bond donors (Lipinski definition) is 1. The lowest BCUT2D eigenvalue weighted by molar-refractivity contribution is 0.337. The number of nitrogens with one attached hydrogen (secondary N) is 1. The summed E-state index contributed by atoms with van der Waals surface area (Å²) in [6, 6.07) is 0.431. The van der Waals surface area contributed by atoms with Crippen LogP contribution in [0, 0.1) is 5.92 Å². The number of hydrogen-bond acceptors (Lipinski definition) is 2. The average Bonchev–Trinajstić information content (AvgIpc) is 2.64. The van der Waals surface area contributed by atoms with Crippen molar-refractivity contribution in [3.63, 3.8) is 0 Å². The maximum Gasteiger partial charge on any atom is 0.0632 e. The Balaban J connectivity index is 2.42. The smallest absolute Gasteiger partial charge is 0.0632 e. The molecule has 1 N–H and O–H groups in total. The number of nitrogens with zero attached hydrogens (tertiary/aromatic N) is 2. The van der Waals surface area contributed by atoms with E-state index in [2.05, 4.69) is 47.1 Å². The lowest BCUT2D eigenvalue weighted by Gasteiger charge is -2.20. The van der Waals surface area contributed by atoms with Gasteiger partial charge in [0.25, 0.3) is 0 Å². The van der Waals surface area contributed by atoms with E-state index in [4.69, 9.17) is 0 Å². The van der Waals surface area contributed by atoms with Crippen molar-refractivity contribution in [2.24, 2.45) is 5.92 Å². The molecule has 2 atom stereocenters. The Hall–Kier alpha value is -0.350. The van der Waals surface area contributed by atoms with E-state index >= 15 is 0 Å². The second-order valence-corrected chi connectivity index (χ2v) is 4.98. The monoisotopic (exact) mass is 273 g/mol. The highest BCUT2D eigenvalue weighted by atomic mass is 79.9. The summed E-state index contributed by atoms with van der Waals surface area (Å²) < 4.78 is 3.06. The first kappa shape index (κ1) is 12.7. The fraction of sp³-hybridized carbons (Fsp3) is 0.727. The molecule has 0 fully saturated rings. The van der Waals surface area contributed by atoms with Crippen LogP contribution in [0.25, 0.3) is 0 Å². The van der Waals surface area contributed by atoms with Crippen LogP contribution in [0.4, 0.5) is 0 Å². The Labute approximate surface area is 100 Å². The molecular weight excluding hydrogens is 254 g/mol. The highest BCUT2D eigenvalue weighted by Gasteiger charge is 2.14. The molecule has 0 saturated heterocycles. The van der Waals surface area contributed by atoms with Crippen LogP contribution >= 0.6 is 15.9 Å². The molecule has 0 aromatic carbocycles. The zero-order chi connectivity index (χ0) is 11.3. The summed E-state index contributed by atoms with van der Waals surface area (Å²) in [7, 11) is 0. The summed E-state index contributed by atoms with van der Waals surface area (Å²) in [6.45, 7) is 8.79. The molecule has 0 saturated carbocycles. The average molecular weight is 274 g/mol. The van der Waals surface area contributed by atoms with Crippen LogP contribution in [-0.2, 0) is 0 Å². The minimum atomic E-state index is 0.431. The van der Waals surface area contributed by atoms with E-state index in [1.54, 1.807) is 0 Å². The second kappa shape index (κ2) is 6.28. The largest absolute Gasteiger partial charge is 0.316 e. The predicted octanol–water partition coefficient (Wildman–Crippen LogP) is 2.84. The van der Waals surface area contributed by atoms with Crippen molar-refractivity contribution < 1.29 is 0 Å². The first-order valence-corrected chi connectivity index (χ1v) is 6.34. The van der Waals surface area contributed by atoms with Gasteiger partial charge in [-0.3, -0.25) is 4.68 Å². The molecule has 0 aliphatic rings. The number of rotatable bonds is 6. The lowest BCUT2D eigenvalue weighted by atomic mass is 10.0. The van der Waals surface area contributed by atoms with Crippen molar-refractivity contribution in [2.75, 3.05) is 13.1 Å². The van der Waals surface area contributed by atoms with Gasteiger partial charge in [0.1, 0.15) is 0 Å². The van der Waals surface area contributed by atoms with Gasteiger partial charge in [-0.05, 0) is 48.3 Å². The summed E-state index contributed by atoms with van der Waals surface area (Å²) in [5.74, 6) is 0.586. The van der Waals surface area contributed by atoms with Crippen LogP contribution in [0.15, 0.2) is 16.9 Å². The molecule has 0 aliphatic carbocycles. The molecule has 86 valence electrons. The molecule has 1 heterocycles. The summed E-state index contributed by atoms with van der Waals surface area (Å²) in [4.78, 5) is 0. The first-order chi connectivity index (χ1) is 7.15. The van der Waals surface area contributed by atoms with Gasteiger partial charge in [0, 0.05) is 6.20 Å². The summed E-state index contributed by atoms with van der Waals surface area (Å²) in [6.07, 6.45) is 5.05. The van der Waals surface area contributed by atoms with Gasteiger partial charge in [0.2, 0.25) is 0 Å². The Morgan fingerprint density at radius 2 is 2.27 bits per heavy atom. The van der Waals surface area contributed by atoms with Crippen LogP contribution < -0.4 is 5.32 Å². The zero-order valence-electron chi connectivity index (χ0n) is 9.70. The molecule has 15 heavy (non-hydrogen) atoms. The van der Waals surface area contributed by atoms with Gasteiger partial charge in [-0.1, -0.05) is 13.8 Å². The lowest BCUT2D eigenvalue weighted by Crippen LogP contribution is -2.27. The van der Waals surface area contributed by atoms with Crippen molar-refractivity contribution in [1.82, 2.24) is 15.1 Å². The van der Waals surface area contributed by atoms with Gasteiger partial charge in [-0.15, -0.1) is 0 Å². The van der Waals surface area contributed by atoms with Crippen LogP contribution in [0.3, 0.4) is 0 Å². The molecule has 0 radical (unpaired) electrons. The molecule has 0 aliphatic heterocycles. The molecule has 1 aromatic rings. The topological polar surface area (TPSA) is 29.9 Å². The van der Waals surface area contributed by atoms with Crippen molar-refractivity contribution >= 4 is 15.9 Å². The Morgan fingerprint density at radius 1 is 1.53 bits per heavy atom. The molecular formula is C11H20BrN3. The first-order valence-electron chi connectivity index (χ1n) is 5.55. The third kappa shape index (κ3) is 3.95. The second-order valence-electron chi connectivity index (χ2n) is 4.06. The Morgan fingerprint density at radius 3 is 2.80 bits per heavy atom. The third-order valence-electron chi connectivity index (χ3n) is 2.70. The highest BCUT2D eigenvalue weighted by molar-refractivity contribution is 9.10. The van der Waals surface area contributed by atoms with Gasteiger partial charge >= 0.3 is 0 Å². The Bertz CT molecular complexity index is 285. The van der Waals surface area contributed by atoms with E-state index in [1.807, 2.05) is 17.1 Å². The summed E-state index contributed by atoms with van der Waals surface area (Å²) in [5, 5.41) is 7.75. The zero-order valence-corrected chi connectivity index (χ0v) is 11.3. The van der Waals surface area contributed by atoms with Crippen molar-refractivity contribution in [3.05, 3.63) is 16.9 Å². The van der Waals surface area contributed by atoms with Crippen LogP contribution in [0.2, 0.25) is 0 Å². The van der Waals surface area contributed by atoms with E-state index in [0.717, 1.165) is 17.6 Å². The Kier molecular flexibility index (Phi) is 5.32. The van der Waals surface area contributed by atoms with Gasteiger partial charge in [-0.2, -0.15) is 5.10 Å². The van der Waals surface area contributed by atoms with E-state index in [0.29, 0.717) is 12.0 Å². The fourth-order valence-corrected chi connectivity index (χ4v) is 1.78. The molecule has 4 heteroatoms. The molecule has 0 amide bonds. The van der Waals surface area contributed by atoms with Crippen LogP contribution in [-0.4, -0.2) is 22.9 Å².